The second-order valence-electron chi connectivity index (χ2n) is 0.448. The van der Waals surface area contributed by atoms with E-state index in [-0.39, 0.29) is 73.9 Å². The maximum absolute atomic E-state index is 9.11. The van der Waals surface area contributed by atoms with Gasteiger partial charge in [-0.05, 0) is 0 Å². The largest absolute Gasteiger partial charge is 1.00 e. The summed E-state index contributed by atoms with van der Waals surface area (Å²) in [5.41, 5.74) is 0. The van der Waals surface area contributed by atoms with Gasteiger partial charge in [-0.2, -0.15) is 4.21 Å². The molecular weight excluding hydrogens is 346 g/mol. The van der Waals surface area contributed by atoms with Crippen LogP contribution in [0.2, 0.25) is 0 Å². The first-order valence-corrected chi connectivity index (χ1v) is 3.10. The Balaban J connectivity index is -0.0000000267. The van der Waals surface area contributed by atoms with E-state index in [2.05, 4.69) is 11.2 Å². The predicted molar refractivity (Wildman–Crippen MR) is 21.9 cm³/mol. The van der Waals surface area contributed by atoms with Crippen molar-refractivity contribution in [1.29, 1.82) is 0 Å². The number of hydrogen-bond acceptors (Lipinski definition) is 2. The van der Waals surface area contributed by atoms with Crippen LogP contribution in [0.3, 0.4) is 0 Å². The van der Waals surface area contributed by atoms with E-state index in [1.807, 2.05) is 0 Å². The van der Waals surface area contributed by atoms with Crippen LogP contribution in [-0.4, -0.2) is 13.3 Å². The fraction of sp³-hybridized carbons (Fsp3) is 0. The van der Waals surface area contributed by atoms with Crippen molar-refractivity contribution >= 4 is 20.2 Å². The van der Waals surface area contributed by atoms with E-state index in [9.17, 15) is 0 Å². The third-order valence-electron chi connectivity index (χ3n) is 0. The van der Waals surface area contributed by atoms with Gasteiger partial charge in [-0.25, -0.2) is 0 Å². The molecule has 0 aliphatic heterocycles. The number of rotatable bonds is 0. The zero-order valence-electron chi connectivity index (χ0n) is 4.44. The fourth-order valence-corrected chi connectivity index (χ4v) is 0. The normalized spacial score (nSPS) is 8.29. The van der Waals surface area contributed by atoms with E-state index >= 15 is 0 Å². The van der Waals surface area contributed by atoms with E-state index in [0.717, 1.165) is 0 Å². The van der Waals surface area contributed by atoms with Crippen LogP contribution in [0.4, 0.5) is 0 Å². The summed E-state index contributed by atoms with van der Waals surface area (Å²) < 4.78 is 24.0. The molecule has 0 saturated heterocycles. The van der Waals surface area contributed by atoms with Crippen molar-refractivity contribution in [3.8, 4) is 0 Å². The van der Waals surface area contributed by atoms with Crippen LogP contribution in [0.5, 0.6) is 0 Å². The van der Waals surface area contributed by atoms with Crippen LogP contribution >= 0.6 is 0 Å². The molecule has 0 bridgehead atoms. The molecule has 0 radical (unpaired) electrons. The smallest absolute Gasteiger partial charge is 1.00 e. The van der Waals surface area contributed by atoms with Crippen LogP contribution < -0.4 is 51.4 Å². The van der Waals surface area contributed by atoms with Gasteiger partial charge in [0.15, 0.2) is 0 Å². The minimum absolute atomic E-state index is 0. The molecule has 0 amide bonds. The van der Waals surface area contributed by atoms with Gasteiger partial charge in [0.05, 0.1) is 0 Å². The summed E-state index contributed by atoms with van der Waals surface area (Å²) in [7, 11) is -3.83. The van der Waals surface area contributed by atoms with Crippen LogP contribution in [0, 0.1) is 0 Å². The summed E-state index contributed by atoms with van der Waals surface area (Å²) in [6, 6.07) is 0. The average Bonchev–Trinajstić information content (AvgIpc) is 0.722. The first kappa shape index (κ1) is 16.3. The van der Waals surface area contributed by atoms with E-state index in [0.29, 0.717) is 0 Å². The molecule has 0 rings (SSSR count). The molecule has 44 valence electrons. The second-order valence-corrected chi connectivity index (χ2v) is 2.65. The first-order valence-electron chi connectivity index (χ1n) is 0.698. The maximum atomic E-state index is 9.11. The Labute approximate surface area is 105 Å². The van der Waals surface area contributed by atoms with Gasteiger partial charge in [0.25, 0.3) is 9.05 Å². The summed E-state index contributed by atoms with van der Waals surface area (Å²) >= 11 is 3.47. The van der Waals surface area contributed by atoms with E-state index in [1.165, 1.54) is 0 Å². The Hall–Kier alpha value is 2.61. The summed E-state index contributed by atoms with van der Waals surface area (Å²) in [6.45, 7) is 0. The molecule has 7 heavy (non-hydrogen) atoms. The Morgan fingerprint density at radius 2 is 1.57 bits per heavy atom. The summed E-state index contributed by atoms with van der Waals surface area (Å²) in [4.78, 5) is 0. The van der Waals surface area contributed by atoms with Crippen molar-refractivity contribution < 1.29 is 87.2 Å². The van der Waals surface area contributed by atoms with Crippen LogP contribution in [-0.2, 0) is 41.3 Å². The van der Waals surface area contributed by atoms with Crippen LogP contribution in [0.1, 0.15) is 1.43 Å². The van der Waals surface area contributed by atoms with Crippen molar-refractivity contribution in [2.45, 2.75) is 0 Å². The minimum atomic E-state index is -3.83. The third-order valence-corrected chi connectivity index (χ3v) is 0. The van der Waals surface area contributed by atoms with E-state index in [4.69, 9.17) is 13.3 Å². The average molecular weight is 349 g/mol. The Morgan fingerprint density at radius 3 is 1.57 bits per heavy atom. The Morgan fingerprint density at radius 1 is 1.57 bits per heavy atom. The molecule has 0 aliphatic carbocycles. The standard InChI is InChI=1S/K.H2O3S2.Pt.H/c;1-5(2,3)4;;/h;(H2,1,2,3,4);;/q+1;;;-1. The molecule has 0 fully saturated rings. The van der Waals surface area contributed by atoms with E-state index < -0.39 is 9.05 Å². The van der Waals surface area contributed by atoms with Gasteiger partial charge in [-0.3, -0.25) is 9.11 Å². The van der Waals surface area contributed by atoms with Crippen LogP contribution in [0.15, 0.2) is 0 Å². The first-order chi connectivity index (χ1) is 2.00. The van der Waals surface area contributed by atoms with Gasteiger partial charge < -0.3 is 1.43 Å². The van der Waals surface area contributed by atoms with Crippen molar-refractivity contribution in [2.75, 3.05) is 0 Å². The fourth-order valence-electron chi connectivity index (χ4n) is 0. The zero-order chi connectivity index (χ0) is 4.50. The molecule has 0 heterocycles. The van der Waals surface area contributed by atoms with Crippen LogP contribution in [0.25, 0.3) is 0 Å². The number of hydrogen-bond donors (Lipinski definition) is 2. The van der Waals surface area contributed by atoms with Crippen molar-refractivity contribution in [3.05, 3.63) is 0 Å². The van der Waals surface area contributed by atoms with E-state index in [1.54, 1.807) is 0 Å². The van der Waals surface area contributed by atoms with Gasteiger partial charge >= 0.3 is 51.4 Å². The summed E-state index contributed by atoms with van der Waals surface area (Å²) in [5.74, 6) is 0. The molecule has 0 unspecified atom stereocenters. The summed E-state index contributed by atoms with van der Waals surface area (Å²) in [5, 5.41) is 0. The molecule has 3 nitrogen and oxygen atoms in total. The topological polar surface area (TPSA) is 57.5 Å². The molecule has 0 atom stereocenters. The van der Waals surface area contributed by atoms with Gasteiger partial charge in [-0.1, -0.05) is 0 Å². The van der Waals surface area contributed by atoms with Gasteiger partial charge in [0, 0.05) is 32.3 Å². The zero-order valence-corrected chi connectivity index (χ0v) is 10.5. The molecule has 7 heteroatoms. The second kappa shape index (κ2) is 6.73. The molecular formula is H3KO3PtS2. The van der Waals surface area contributed by atoms with Crippen molar-refractivity contribution in [1.82, 2.24) is 0 Å². The maximum Gasteiger partial charge on any atom is 1.00 e. The molecule has 2 N–H and O–H groups in total. The minimum Gasteiger partial charge on any atom is -1.00 e. The molecule has 0 spiro atoms. The van der Waals surface area contributed by atoms with Crippen molar-refractivity contribution in [3.63, 3.8) is 0 Å². The third kappa shape index (κ3) is 55.1. The SMILES string of the molecule is O=S(O)(O)=S.[H-].[K+].[Pt]. The molecule has 0 aromatic carbocycles. The molecule has 0 aliphatic rings. The van der Waals surface area contributed by atoms with Gasteiger partial charge in [0.2, 0.25) is 0 Å². The molecule has 0 saturated carbocycles. The molecule has 0 aromatic rings. The monoisotopic (exact) mass is 349 g/mol. The predicted octanol–water partition coefficient (Wildman–Crippen LogP) is -3.21. The van der Waals surface area contributed by atoms with Gasteiger partial charge in [0.1, 0.15) is 0 Å². The Kier molecular flexibility index (Phi) is 15.7. The summed E-state index contributed by atoms with van der Waals surface area (Å²) in [6.07, 6.45) is 0. The quantitative estimate of drug-likeness (QED) is 0.452. The molecule has 0 aromatic heterocycles. The Bertz CT molecular complexity index is 100. The van der Waals surface area contributed by atoms with Gasteiger partial charge in [-0.15, -0.1) is 0 Å². The van der Waals surface area contributed by atoms with Crippen molar-refractivity contribution in [2.24, 2.45) is 0 Å².